The number of hydrogen-bond donors (Lipinski definition) is 0. The lowest BCUT2D eigenvalue weighted by Crippen LogP contribution is -2.28. The quantitative estimate of drug-likeness (QED) is 0.379. The molecule has 0 fully saturated rings. The lowest BCUT2D eigenvalue weighted by molar-refractivity contribution is 0.139. The highest BCUT2D eigenvalue weighted by Gasteiger charge is 2.26. The van der Waals surface area contributed by atoms with Crippen LogP contribution in [0.3, 0.4) is 0 Å². The molecule has 0 aromatic rings. The lowest BCUT2D eigenvalue weighted by Gasteiger charge is -2.28. The average molecular weight is 385 g/mol. The van der Waals surface area contributed by atoms with Crippen LogP contribution >= 0.6 is 0 Å². The molecule has 1 aliphatic carbocycles. The zero-order valence-corrected chi connectivity index (χ0v) is 19.7. The van der Waals surface area contributed by atoms with Crippen molar-refractivity contribution < 1.29 is 13.6 Å². The van der Waals surface area contributed by atoms with E-state index in [-0.39, 0.29) is 0 Å². The molecule has 0 bridgehead atoms. The first-order valence-electron chi connectivity index (χ1n) is 9.98. The molecule has 0 atom stereocenters. The van der Waals surface area contributed by atoms with Crippen LogP contribution in [0, 0.1) is 0 Å². The highest BCUT2D eigenvalue weighted by molar-refractivity contribution is 6.70. The minimum atomic E-state index is -1.74. The Morgan fingerprint density at radius 1 is 0.800 bits per heavy atom. The summed E-state index contributed by atoms with van der Waals surface area (Å²) in [6.45, 7) is 13.3. The number of allylic oxidation sites excluding steroid dienone is 2. The van der Waals surface area contributed by atoms with Crippen LogP contribution in [-0.2, 0) is 13.6 Å². The molecular weight excluding hydrogens is 344 g/mol. The maximum Gasteiger partial charge on any atom is 0.272 e. The van der Waals surface area contributed by atoms with Gasteiger partial charge in [0.1, 0.15) is 5.76 Å². The van der Waals surface area contributed by atoms with Crippen LogP contribution in [0.25, 0.3) is 0 Å². The predicted octanol–water partition coefficient (Wildman–Crippen LogP) is 6.96. The number of rotatable bonds is 5. The average Bonchev–Trinajstić information content (AvgIpc) is 2.46. The zero-order chi connectivity index (χ0) is 18.9. The third-order valence-corrected chi connectivity index (χ3v) is 5.63. The predicted molar refractivity (Wildman–Crippen MR) is 113 cm³/mol. The third-order valence-electron chi connectivity index (χ3n) is 4.00. The Bertz CT molecular complexity index is 457. The van der Waals surface area contributed by atoms with Gasteiger partial charge in [-0.3, -0.25) is 0 Å². The Morgan fingerprint density at radius 3 is 1.88 bits per heavy atom. The van der Waals surface area contributed by atoms with E-state index in [4.69, 9.17) is 13.6 Å². The van der Waals surface area contributed by atoms with Crippen LogP contribution in [0.4, 0.5) is 0 Å². The van der Waals surface area contributed by atoms with E-state index >= 15 is 0 Å². The summed E-state index contributed by atoms with van der Waals surface area (Å²) >= 11 is 0. The van der Waals surface area contributed by atoms with Crippen LogP contribution in [0.15, 0.2) is 23.4 Å². The molecule has 0 heterocycles. The molecule has 0 N–H and O–H groups in total. The molecule has 0 aliphatic heterocycles. The highest BCUT2D eigenvalue weighted by Crippen LogP contribution is 2.30. The topological polar surface area (TPSA) is 27.7 Å². The Hall–Kier alpha value is -0.686. The molecule has 0 saturated heterocycles. The molecular formula is C20H40O3Si2. The second-order valence-electron chi connectivity index (χ2n) is 8.98. The lowest BCUT2D eigenvalue weighted by atomic mass is 10.0. The Morgan fingerprint density at radius 2 is 1.36 bits per heavy atom. The van der Waals surface area contributed by atoms with Gasteiger partial charge in [0.05, 0.1) is 12.7 Å². The van der Waals surface area contributed by atoms with Crippen molar-refractivity contribution in [3.05, 3.63) is 23.4 Å². The standard InChI is InChI=1S/C20H40O3Si2/c1-21-20(23-25(5,6)7)18-16-14-12-10-8-9-11-13-15-17-19(18)22-24(2,3)4/h17H,8-16H2,1-7H3/b19-17+,20-18?. The SMILES string of the molecule is COC(O[Si](C)(C)C)=C1CCCCCCCCC/C=C\1O[Si](C)(C)C. The van der Waals surface area contributed by atoms with Crippen molar-refractivity contribution in [2.75, 3.05) is 7.11 Å². The van der Waals surface area contributed by atoms with E-state index in [0.29, 0.717) is 5.95 Å². The van der Waals surface area contributed by atoms with Gasteiger partial charge in [-0.1, -0.05) is 32.1 Å². The summed E-state index contributed by atoms with van der Waals surface area (Å²) in [5.74, 6) is 1.72. The van der Waals surface area contributed by atoms with Gasteiger partial charge in [0.2, 0.25) is 16.6 Å². The normalized spacial score (nSPS) is 22.8. The molecule has 0 spiro atoms. The molecule has 146 valence electrons. The first kappa shape index (κ1) is 22.4. The minimum absolute atomic E-state index is 0.695. The van der Waals surface area contributed by atoms with Crippen molar-refractivity contribution in [1.82, 2.24) is 0 Å². The number of hydrogen-bond acceptors (Lipinski definition) is 3. The summed E-state index contributed by atoms with van der Waals surface area (Å²) in [5.41, 5.74) is 1.15. The van der Waals surface area contributed by atoms with Gasteiger partial charge in [-0.2, -0.15) is 0 Å². The molecule has 3 nitrogen and oxygen atoms in total. The van der Waals surface area contributed by atoms with Crippen LogP contribution < -0.4 is 0 Å². The maximum atomic E-state index is 6.49. The fourth-order valence-electron chi connectivity index (χ4n) is 2.95. The summed E-state index contributed by atoms with van der Waals surface area (Å²) < 4.78 is 18.5. The van der Waals surface area contributed by atoms with E-state index in [1.54, 1.807) is 7.11 Å². The van der Waals surface area contributed by atoms with Crippen molar-refractivity contribution in [3.63, 3.8) is 0 Å². The zero-order valence-electron chi connectivity index (χ0n) is 17.7. The fourth-order valence-corrected chi connectivity index (χ4v) is 4.58. The van der Waals surface area contributed by atoms with Crippen molar-refractivity contribution in [1.29, 1.82) is 0 Å². The molecule has 0 aromatic carbocycles. The molecule has 0 unspecified atom stereocenters. The first-order valence-corrected chi connectivity index (χ1v) is 16.8. The number of ether oxygens (including phenoxy) is 1. The fraction of sp³-hybridized carbons (Fsp3) is 0.800. The largest absolute Gasteiger partial charge is 0.544 e. The van der Waals surface area contributed by atoms with Crippen molar-refractivity contribution >= 4 is 16.6 Å². The maximum absolute atomic E-state index is 6.49. The van der Waals surface area contributed by atoms with E-state index in [2.05, 4.69) is 45.4 Å². The van der Waals surface area contributed by atoms with Crippen LogP contribution in [0.2, 0.25) is 39.3 Å². The molecule has 25 heavy (non-hydrogen) atoms. The molecule has 0 amide bonds. The van der Waals surface area contributed by atoms with Gasteiger partial charge in [0, 0.05) is 0 Å². The highest BCUT2D eigenvalue weighted by atomic mass is 28.4. The van der Waals surface area contributed by atoms with E-state index < -0.39 is 16.6 Å². The number of methoxy groups -OCH3 is 1. The molecule has 5 heteroatoms. The summed E-state index contributed by atoms with van der Waals surface area (Å²) in [4.78, 5) is 0. The van der Waals surface area contributed by atoms with Crippen LogP contribution in [0.1, 0.15) is 57.8 Å². The first-order chi connectivity index (χ1) is 11.6. The Labute approximate surface area is 158 Å². The van der Waals surface area contributed by atoms with E-state index in [1.807, 2.05) is 0 Å². The van der Waals surface area contributed by atoms with Crippen molar-refractivity contribution in [2.45, 2.75) is 97.1 Å². The Kier molecular flexibility index (Phi) is 9.35. The van der Waals surface area contributed by atoms with Crippen LogP contribution in [0.5, 0.6) is 0 Å². The molecule has 0 aromatic heterocycles. The smallest absolute Gasteiger partial charge is 0.272 e. The second-order valence-corrected chi connectivity index (χ2v) is 17.8. The molecule has 0 saturated carbocycles. The summed E-state index contributed by atoms with van der Waals surface area (Å²) in [6.07, 6.45) is 13.4. The molecule has 0 radical (unpaired) electrons. The van der Waals surface area contributed by atoms with Gasteiger partial charge in [-0.15, -0.1) is 0 Å². The van der Waals surface area contributed by atoms with Crippen molar-refractivity contribution in [2.24, 2.45) is 0 Å². The van der Waals surface area contributed by atoms with Gasteiger partial charge >= 0.3 is 0 Å². The van der Waals surface area contributed by atoms with E-state index in [0.717, 1.165) is 24.2 Å². The minimum Gasteiger partial charge on any atom is -0.544 e. The third kappa shape index (κ3) is 10.1. The summed E-state index contributed by atoms with van der Waals surface area (Å²) in [6, 6.07) is 0. The van der Waals surface area contributed by atoms with Gasteiger partial charge < -0.3 is 13.6 Å². The van der Waals surface area contributed by atoms with Crippen LogP contribution in [-0.4, -0.2) is 23.7 Å². The monoisotopic (exact) mass is 384 g/mol. The molecule has 1 rings (SSSR count). The van der Waals surface area contributed by atoms with Gasteiger partial charge in [-0.25, -0.2) is 0 Å². The van der Waals surface area contributed by atoms with E-state index in [9.17, 15) is 0 Å². The van der Waals surface area contributed by atoms with Gasteiger partial charge in [0.15, 0.2) is 0 Å². The van der Waals surface area contributed by atoms with Gasteiger partial charge in [0.25, 0.3) is 5.95 Å². The second kappa shape index (κ2) is 10.5. The van der Waals surface area contributed by atoms with Gasteiger partial charge in [-0.05, 0) is 71.0 Å². The Balaban J connectivity index is 3.21. The van der Waals surface area contributed by atoms with E-state index in [1.165, 1.54) is 44.9 Å². The molecule has 1 aliphatic rings. The van der Waals surface area contributed by atoms with Crippen molar-refractivity contribution in [3.8, 4) is 0 Å². The summed E-state index contributed by atoms with van der Waals surface area (Å²) in [7, 11) is -1.71. The summed E-state index contributed by atoms with van der Waals surface area (Å²) in [5, 5.41) is 0.